The van der Waals surface area contributed by atoms with Crippen molar-refractivity contribution in [2.24, 2.45) is 0 Å². The Kier molecular flexibility index (Phi) is 4.97. The molecule has 2 saturated heterocycles. The van der Waals surface area contributed by atoms with Crippen LogP contribution in [0.15, 0.2) is 6.07 Å². The number of carbonyl (C=O) groups excluding carboxylic acids is 1. The zero-order chi connectivity index (χ0) is 18.4. The summed E-state index contributed by atoms with van der Waals surface area (Å²) >= 11 is 0. The molecule has 0 saturated carbocycles. The summed E-state index contributed by atoms with van der Waals surface area (Å²) in [7, 11) is 0. The lowest BCUT2D eigenvalue weighted by molar-refractivity contribution is 0.0481. The molecule has 2 aliphatic rings. The highest BCUT2D eigenvalue weighted by molar-refractivity contribution is 5.92. The third-order valence-corrected chi connectivity index (χ3v) is 5.87. The van der Waals surface area contributed by atoms with Gasteiger partial charge in [0.2, 0.25) is 0 Å². The molecule has 3 heterocycles. The molecular weight excluding hydrogens is 312 g/mol. The van der Waals surface area contributed by atoms with E-state index in [1.165, 1.54) is 19.3 Å². The minimum absolute atomic E-state index is 0.0929. The number of amides is 1. The van der Waals surface area contributed by atoms with Gasteiger partial charge in [-0.1, -0.05) is 0 Å². The molecule has 1 aromatic heterocycles. The van der Waals surface area contributed by atoms with Crippen LogP contribution >= 0.6 is 0 Å². The molecular formula is C20H34N4O. The first-order valence-corrected chi connectivity index (χ1v) is 9.82. The molecule has 2 aliphatic heterocycles. The van der Waals surface area contributed by atoms with Crippen LogP contribution < -0.4 is 0 Å². The molecule has 3 atom stereocenters. The van der Waals surface area contributed by atoms with Gasteiger partial charge in [-0.25, -0.2) is 0 Å². The lowest BCUT2D eigenvalue weighted by Crippen LogP contribution is -2.52. The summed E-state index contributed by atoms with van der Waals surface area (Å²) in [5, 5.41) is 4.62. The van der Waals surface area contributed by atoms with E-state index in [0.717, 1.165) is 25.2 Å². The summed E-state index contributed by atoms with van der Waals surface area (Å²) in [6, 6.07) is 3.71. The lowest BCUT2D eigenvalue weighted by Gasteiger charge is -2.41. The van der Waals surface area contributed by atoms with Gasteiger partial charge in [0, 0.05) is 36.9 Å². The smallest absolute Gasteiger partial charge is 0.274 e. The van der Waals surface area contributed by atoms with Crippen molar-refractivity contribution in [3.63, 3.8) is 0 Å². The van der Waals surface area contributed by atoms with Gasteiger partial charge >= 0.3 is 0 Å². The second kappa shape index (κ2) is 6.75. The van der Waals surface area contributed by atoms with Crippen LogP contribution in [-0.2, 0) is 5.54 Å². The van der Waals surface area contributed by atoms with Crippen LogP contribution in [0.2, 0.25) is 0 Å². The first-order chi connectivity index (χ1) is 11.7. The minimum Gasteiger partial charge on any atom is -0.336 e. The molecule has 1 aromatic rings. The van der Waals surface area contributed by atoms with Crippen molar-refractivity contribution < 1.29 is 4.79 Å². The molecule has 0 aromatic carbocycles. The van der Waals surface area contributed by atoms with Crippen molar-refractivity contribution in [2.45, 2.75) is 90.9 Å². The molecule has 1 amide bonds. The van der Waals surface area contributed by atoms with Crippen LogP contribution in [0.5, 0.6) is 0 Å². The molecule has 3 rings (SSSR count). The second-order valence-electron chi connectivity index (χ2n) is 9.02. The Labute approximate surface area is 152 Å². The normalized spacial score (nSPS) is 28.6. The van der Waals surface area contributed by atoms with Crippen molar-refractivity contribution in [3.05, 3.63) is 17.5 Å². The number of carbonyl (C=O) groups is 1. The van der Waals surface area contributed by atoms with E-state index in [2.05, 4.69) is 44.6 Å². The van der Waals surface area contributed by atoms with E-state index in [1.807, 2.05) is 22.6 Å². The highest BCUT2D eigenvalue weighted by Gasteiger charge is 2.37. The number of likely N-dealkylation sites (tertiary alicyclic amines) is 2. The van der Waals surface area contributed by atoms with Crippen LogP contribution in [0.25, 0.3) is 0 Å². The number of aromatic nitrogens is 2. The molecule has 0 N–H and O–H groups in total. The number of hydrogen-bond donors (Lipinski definition) is 0. The van der Waals surface area contributed by atoms with Gasteiger partial charge in [-0.05, 0) is 73.3 Å². The summed E-state index contributed by atoms with van der Waals surface area (Å²) < 4.78 is 1.96. The molecule has 0 radical (unpaired) electrons. The number of nitrogens with zero attached hydrogens (tertiary/aromatic N) is 4. The first-order valence-electron chi connectivity index (χ1n) is 9.82. The summed E-state index contributed by atoms with van der Waals surface area (Å²) in [5.74, 6) is 0.0929. The second-order valence-corrected chi connectivity index (χ2v) is 9.02. The van der Waals surface area contributed by atoms with Gasteiger partial charge in [-0.15, -0.1) is 0 Å². The van der Waals surface area contributed by atoms with E-state index in [4.69, 9.17) is 0 Å². The SMILES string of the molecule is Cc1cc(C(=O)N2CCC[C@@H](N3[C@H](C)CC[C@@H]3C)C2)nn1C(C)(C)C. The van der Waals surface area contributed by atoms with Gasteiger partial charge in [0.15, 0.2) is 5.69 Å². The number of aryl methyl sites for hydroxylation is 1. The highest BCUT2D eigenvalue weighted by atomic mass is 16.2. The van der Waals surface area contributed by atoms with E-state index >= 15 is 0 Å². The summed E-state index contributed by atoms with van der Waals surface area (Å²) in [6.07, 6.45) is 4.85. The third kappa shape index (κ3) is 3.62. The molecule has 0 aliphatic carbocycles. The average molecular weight is 347 g/mol. The maximum Gasteiger partial charge on any atom is 0.274 e. The van der Waals surface area contributed by atoms with Gasteiger partial charge in [0.25, 0.3) is 5.91 Å². The minimum atomic E-state index is -0.104. The standard InChI is InChI=1S/C20H34N4O/c1-14-9-10-15(2)23(14)17-8-7-11-22(13-17)19(25)18-12-16(3)24(21-18)20(4,5)6/h12,14-15,17H,7-11,13H2,1-6H3/t14-,15+,17-/m1/s1. The monoisotopic (exact) mass is 346 g/mol. The molecule has 0 unspecified atom stereocenters. The van der Waals surface area contributed by atoms with Gasteiger partial charge in [0.1, 0.15) is 0 Å². The summed E-state index contributed by atoms with van der Waals surface area (Å²) in [6.45, 7) is 14.7. The molecule has 140 valence electrons. The Balaban J connectivity index is 1.74. The Hall–Kier alpha value is -1.36. The Morgan fingerprint density at radius 1 is 1.16 bits per heavy atom. The third-order valence-electron chi connectivity index (χ3n) is 5.87. The number of piperidine rings is 1. The van der Waals surface area contributed by atoms with E-state index in [-0.39, 0.29) is 11.4 Å². The van der Waals surface area contributed by atoms with Gasteiger partial charge in [0.05, 0.1) is 5.54 Å². The van der Waals surface area contributed by atoms with Crippen LogP contribution in [0, 0.1) is 6.92 Å². The van der Waals surface area contributed by atoms with Crippen molar-refractivity contribution in [2.75, 3.05) is 13.1 Å². The molecule has 0 spiro atoms. The van der Waals surface area contributed by atoms with Gasteiger partial charge in [-0.3, -0.25) is 14.4 Å². The van der Waals surface area contributed by atoms with Crippen molar-refractivity contribution in [1.29, 1.82) is 0 Å². The van der Waals surface area contributed by atoms with Crippen LogP contribution in [0.4, 0.5) is 0 Å². The zero-order valence-electron chi connectivity index (χ0n) is 16.7. The van der Waals surface area contributed by atoms with Crippen LogP contribution in [-0.4, -0.2) is 56.7 Å². The molecule has 0 bridgehead atoms. The topological polar surface area (TPSA) is 41.4 Å². The van der Waals surface area contributed by atoms with E-state index in [1.54, 1.807) is 0 Å². The fourth-order valence-corrected chi connectivity index (χ4v) is 4.74. The van der Waals surface area contributed by atoms with E-state index in [9.17, 15) is 4.79 Å². The predicted octanol–water partition coefficient (Wildman–Crippen LogP) is 3.42. The molecule has 25 heavy (non-hydrogen) atoms. The van der Waals surface area contributed by atoms with Gasteiger partial charge in [-0.2, -0.15) is 5.10 Å². The lowest BCUT2D eigenvalue weighted by atomic mass is 10.0. The molecule has 5 heteroatoms. The maximum absolute atomic E-state index is 13.0. The Morgan fingerprint density at radius 3 is 2.36 bits per heavy atom. The zero-order valence-corrected chi connectivity index (χ0v) is 16.7. The fraction of sp³-hybridized carbons (Fsp3) is 0.800. The summed E-state index contributed by atoms with van der Waals surface area (Å²) in [4.78, 5) is 17.7. The Morgan fingerprint density at radius 2 is 1.80 bits per heavy atom. The quantitative estimate of drug-likeness (QED) is 0.824. The Bertz CT molecular complexity index is 620. The van der Waals surface area contributed by atoms with Crippen LogP contribution in [0.1, 0.15) is 76.5 Å². The van der Waals surface area contributed by atoms with Crippen molar-refractivity contribution in [3.8, 4) is 0 Å². The van der Waals surface area contributed by atoms with Crippen molar-refractivity contribution in [1.82, 2.24) is 19.6 Å². The maximum atomic E-state index is 13.0. The van der Waals surface area contributed by atoms with E-state index < -0.39 is 0 Å². The largest absolute Gasteiger partial charge is 0.336 e. The van der Waals surface area contributed by atoms with E-state index in [0.29, 0.717) is 23.8 Å². The van der Waals surface area contributed by atoms with Crippen LogP contribution in [0.3, 0.4) is 0 Å². The number of hydrogen-bond acceptors (Lipinski definition) is 3. The predicted molar refractivity (Wildman–Crippen MR) is 101 cm³/mol. The number of rotatable bonds is 2. The van der Waals surface area contributed by atoms with Crippen molar-refractivity contribution >= 4 is 5.91 Å². The molecule has 2 fully saturated rings. The van der Waals surface area contributed by atoms with Gasteiger partial charge < -0.3 is 4.90 Å². The molecule has 5 nitrogen and oxygen atoms in total. The fourth-order valence-electron chi connectivity index (χ4n) is 4.74. The average Bonchev–Trinajstić information content (AvgIpc) is 3.09. The first kappa shape index (κ1) is 18.4. The highest BCUT2D eigenvalue weighted by Crippen LogP contribution is 2.30. The summed E-state index contributed by atoms with van der Waals surface area (Å²) in [5.41, 5.74) is 1.54.